The fourth-order valence-corrected chi connectivity index (χ4v) is 2.20. The number of nitrogens with zero attached hydrogens (tertiary/aromatic N) is 2. The standard InChI is InChI=1S/C13H19ClN2O2/c1-4-5-10(2)15(3)13-7-6-12(16(17)18)8-11(13)9-14/h6-8,10H,4-5,9H2,1-3H3. The van der Waals surface area contributed by atoms with Gasteiger partial charge >= 0.3 is 0 Å². The van der Waals surface area contributed by atoms with Crippen molar-refractivity contribution in [1.82, 2.24) is 0 Å². The molecule has 0 spiro atoms. The molecule has 0 bridgehead atoms. The largest absolute Gasteiger partial charge is 0.372 e. The number of nitro groups is 1. The average Bonchev–Trinajstić information content (AvgIpc) is 2.37. The lowest BCUT2D eigenvalue weighted by Gasteiger charge is -2.28. The van der Waals surface area contributed by atoms with Crippen LogP contribution < -0.4 is 4.90 Å². The summed E-state index contributed by atoms with van der Waals surface area (Å²) < 4.78 is 0. The van der Waals surface area contributed by atoms with E-state index in [0.29, 0.717) is 6.04 Å². The molecule has 1 rings (SSSR count). The molecule has 0 saturated carbocycles. The van der Waals surface area contributed by atoms with Crippen LogP contribution in [0.1, 0.15) is 32.3 Å². The zero-order valence-electron chi connectivity index (χ0n) is 11.0. The first-order chi connectivity index (χ1) is 8.51. The number of anilines is 1. The molecule has 0 aliphatic heterocycles. The van der Waals surface area contributed by atoms with Gasteiger partial charge in [0.1, 0.15) is 0 Å². The Morgan fingerprint density at radius 1 is 1.50 bits per heavy atom. The summed E-state index contributed by atoms with van der Waals surface area (Å²) >= 11 is 5.89. The van der Waals surface area contributed by atoms with Gasteiger partial charge in [0.25, 0.3) is 5.69 Å². The molecular formula is C13H19ClN2O2. The number of nitro benzene ring substituents is 1. The zero-order valence-corrected chi connectivity index (χ0v) is 11.8. The van der Waals surface area contributed by atoms with Gasteiger partial charge in [-0.1, -0.05) is 13.3 Å². The number of alkyl halides is 1. The van der Waals surface area contributed by atoms with Crippen molar-refractivity contribution in [3.05, 3.63) is 33.9 Å². The second-order valence-electron chi connectivity index (χ2n) is 4.45. The van der Waals surface area contributed by atoms with Crippen LogP contribution in [0.25, 0.3) is 0 Å². The molecule has 0 amide bonds. The summed E-state index contributed by atoms with van der Waals surface area (Å²) in [5, 5.41) is 10.7. The van der Waals surface area contributed by atoms with Gasteiger partial charge in [-0.05, 0) is 25.0 Å². The Labute approximate surface area is 113 Å². The maximum Gasteiger partial charge on any atom is 0.269 e. The first-order valence-electron chi connectivity index (χ1n) is 6.07. The molecule has 0 aliphatic rings. The Bertz CT molecular complexity index is 423. The van der Waals surface area contributed by atoms with E-state index in [2.05, 4.69) is 18.7 Å². The molecule has 0 heterocycles. The number of hydrogen-bond acceptors (Lipinski definition) is 3. The Balaban J connectivity index is 3.05. The SMILES string of the molecule is CCCC(C)N(C)c1ccc([N+](=O)[O-])cc1CCl. The van der Waals surface area contributed by atoms with Gasteiger partial charge in [0.05, 0.1) is 4.92 Å². The van der Waals surface area contributed by atoms with Crippen LogP contribution in [0, 0.1) is 10.1 Å². The fraction of sp³-hybridized carbons (Fsp3) is 0.538. The van der Waals surface area contributed by atoms with Crippen molar-refractivity contribution in [3.8, 4) is 0 Å². The minimum Gasteiger partial charge on any atom is -0.372 e. The lowest BCUT2D eigenvalue weighted by atomic mass is 10.1. The average molecular weight is 271 g/mol. The van der Waals surface area contributed by atoms with Crippen LogP contribution in [-0.2, 0) is 5.88 Å². The van der Waals surface area contributed by atoms with E-state index in [4.69, 9.17) is 11.6 Å². The van der Waals surface area contributed by atoms with E-state index >= 15 is 0 Å². The summed E-state index contributed by atoms with van der Waals surface area (Å²) in [6.07, 6.45) is 2.18. The lowest BCUT2D eigenvalue weighted by Crippen LogP contribution is -2.29. The third-order valence-electron chi connectivity index (χ3n) is 3.17. The molecule has 18 heavy (non-hydrogen) atoms. The number of benzene rings is 1. The highest BCUT2D eigenvalue weighted by atomic mass is 35.5. The number of halogens is 1. The Morgan fingerprint density at radius 3 is 2.67 bits per heavy atom. The van der Waals surface area contributed by atoms with Crippen LogP contribution in [0.5, 0.6) is 0 Å². The number of hydrogen-bond donors (Lipinski definition) is 0. The lowest BCUT2D eigenvalue weighted by molar-refractivity contribution is -0.384. The molecule has 1 aromatic rings. The van der Waals surface area contributed by atoms with E-state index in [0.717, 1.165) is 24.1 Å². The van der Waals surface area contributed by atoms with Crippen molar-refractivity contribution in [1.29, 1.82) is 0 Å². The molecule has 0 N–H and O–H groups in total. The van der Waals surface area contributed by atoms with E-state index in [9.17, 15) is 10.1 Å². The predicted molar refractivity (Wildman–Crippen MR) is 75.4 cm³/mol. The summed E-state index contributed by atoms with van der Waals surface area (Å²) in [5.41, 5.74) is 1.86. The summed E-state index contributed by atoms with van der Waals surface area (Å²) in [7, 11) is 2.00. The van der Waals surface area contributed by atoms with E-state index in [1.165, 1.54) is 6.07 Å². The summed E-state index contributed by atoms with van der Waals surface area (Å²) in [4.78, 5) is 12.5. The van der Waals surface area contributed by atoms with Crippen LogP contribution in [0.3, 0.4) is 0 Å². The van der Waals surface area contributed by atoms with Crippen molar-refractivity contribution in [2.45, 2.75) is 38.6 Å². The third kappa shape index (κ3) is 3.35. The first-order valence-corrected chi connectivity index (χ1v) is 6.60. The normalized spacial score (nSPS) is 12.2. The molecule has 1 aromatic carbocycles. The smallest absolute Gasteiger partial charge is 0.269 e. The first kappa shape index (κ1) is 14.8. The maximum absolute atomic E-state index is 10.7. The second kappa shape index (κ2) is 6.59. The molecule has 5 heteroatoms. The van der Waals surface area contributed by atoms with Gasteiger partial charge in [0, 0.05) is 36.8 Å². The van der Waals surface area contributed by atoms with E-state index in [1.54, 1.807) is 12.1 Å². The van der Waals surface area contributed by atoms with E-state index in [-0.39, 0.29) is 11.6 Å². The quantitative estimate of drug-likeness (QED) is 0.447. The maximum atomic E-state index is 10.7. The van der Waals surface area contributed by atoms with Gasteiger partial charge in [0.2, 0.25) is 0 Å². The minimum absolute atomic E-state index is 0.0888. The minimum atomic E-state index is -0.394. The second-order valence-corrected chi connectivity index (χ2v) is 4.72. The van der Waals surface area contributed by atoms with Crippen molar-refractivity contribution in [2.24, 2.45) is 0 Å². The van der Waals surface area contributed by atoms with Gasteiger partial charge in [-0.2, -0.15) is 0 Å². The molecule has 100 valence electrons. The molecular weight excluding hydrogens is 252 g/mol. The van der Waals surface area contributed by atoms with Gasteiger partial charge in [-0.25, -0.2) is 0 Å². The topological polar surface area (TPSA) is 46.4 Å². The van der Waals surface area contributed by atoms with Crippen molar-refractivity contribution in [2.75, 3.05) is 11.9 Å². The van der Waals surface area contributed by atoms with Crippen LogP contribution in [0.15, 0.2) is 18.2 Å². The highest BCUT2D eigenvalue weighted by Crippen LogP contribution is 2.28. The fourth-order valence-electron chi connectivity index (χ4n) is 1.99. The van der Waals surface area contributed by atoms with Crippen LogP contribution in [0.4, 0.5) is 11.4 Å². The molecule has 4 nitrogen and oxygen atoms in total. The summed E-state index contributed by atoms with van der Waals surface area (Å²) in [6, 6.07) is 5.25. The van der Waals surface area contributed by atoms with Gasteiger partial charge in [-0.3, -0.25) is 10.1 Å². The monoisotopic (exact) mass is 270 g/mol. The molecule has 1 unspecified atom stereocenters. The van der Waals surface area contributed by atoms with Crippen LogP contribution >= 0.6 is 11.6 Å². The zero-order chi connectivity index (χ0) is 13.7. The van der Waals surface area contributed by atoms with Crippen molar-refractivity contribution < 1.29 is 4.92 Å². The molecule has 0 saturated heterocycles. The summed E-state index contributed by atoms with van der Waals surface area (Å²) in [6.45, 7) is 4.28. The highest BCUT2D eigenvalue weighted by molar-refractivity contribution is 6.17. The van der Waals surface area contributed by atoms with Gasteiger partial charge < -0.3 is 4.90 Å². The Morgan fingerprint density at radius 2 is 2.17 bits per heavy atom. The molecule has 1 atom stereocenters. The van der Waals surface area contributed by atoms with Crippen LogP contribution in [-0.4, -0.2) is 18.0 Å². The Kier molecular flexibility index (Phi) is 5.41. The molecule has 0 radical (unpaired) electrons. The molecule has 0 fully saturated rings. The van der Waals surface area contributed by atoms with E-state index in [1.807, 2.05) is 7.05 Å². The molecule has 0 aliphatic carbocycles. The highest BCUT2D eigenvalue weighted by Gasteiger charge is 2.16. The van der Waals surface area contributed by atoms with E-state index < -0.39 is 4.92 Å². The predicted octanol–water partition coefficient (Wildman–Crippen LogP) is 3.96. The number of rotatable bonds is 6. The number of non-ortho nitro benzene ring substituents is 1. The Hall–Kier alpha value is -1.29. The van der Waals surface area contributed by atoms with Gasteiger partial charge in [0.15, 0.2) is 0 Å². The third-order valence-corrected chi connectivity index (χ3v) is 3.45. The van der Waals surface area contributed by atoms with Crippen LogP contribution in [0.2, 0.25) is 0 Å². The molecule has 0 aromatic heterocycles. The van der Waals surface area contributed by atoms with Gasteiger partial charge in [-0.15, -0.1) is 11.6 Å². The van der Waals surface area contributed by atoms with Crippen molar-refractivity contribution >= 4 is 23.0 Å². The van der Waals surface area contributed by atoms with Crippen molar-refractivity contribution in [3.63, 3.8) is 0 Å². The summed E-state index contributed by atoms with van der Waals surface area (Å²) in [5.74, 6) is 0.278.